The second kappa shape index (κ2) is 25.1. The number of carbonyl (C=O) groups is 5. The molecule has 15 atom stereocenters. The zero-order chi connectivity index (χ0) is 48.2. The molecule has 14 heteroatoms. The number of esters is 1. The number of nitrogens with zero attached hydrogens (tertiary/aromatic N) is 1. The van der Waals surface area contributed by atoms with Gasteiger partial charge in [-0.25, -0.2) is 4.79 Å². The Morgan fingerprint density at radius 2 is 1.57 bits per heavy atom. The first-order valence-corrected chi connectivity index (χ1v) is 23.9. The minimum atomic E-state index is -2.43. The zero-order valence-corrected chi connectivity index (χ0v) is 40.6. The predicted octanol–water partition coefficient (Wildman–Crippen LogP) is 6.18. The van der Waals surface area contributed by atoms with E-state index in [1.54, 1.807) is 41.1 Å². The van der Waals surface area contributed by atoms with E-state index in [1.165, 1.54) is 12.0 Å². The van der Waals surface area contributed by atoms with E-state index in [4.69, 9.17) is 23.7 Å². The van der Waals surface area contributed by atoms with E-state index in [2.05, 4.69) is 0 Å². The Kier molecular flexibility index (Phi) is 21.0. The van der Waals surface area contributed by atoms with Crippen molar-refractivity contribution in [2.45, 2.75) is 180 Å². The lowest BCUT2D eigenvalue weighted by molar-refractivity contribution is -0.265. The molecule has 3 N–H and O–H groups in total. The normalized spacial score (nSPS) is 40.4. The number of Topliss-reactive ketones (excluding diaryl/α,β-unsaturated/α-hetero) is 3. The Labute approximate surface area is 387 Å². The van der Waals surface area contributed by atoms with Gasteiger partial charge in [-0.05, 0) is 107 Å². The average molecular weight is 914 g/mol. The smallest absolute Gasteiger partial charge is 0.329 e. The Bertz CT molecular complexity index is 1760. The summed E-state index contributed by atoms with van der Waals surface area (Å²) in [5.74, 6) is -7.96. The molecule has 3 aliphatic heterocycles. The molecule has 4 rings (SSSR count). The second-order valence-corrected chi connectivity index (χ2v) is 19.6. The lowest BCUT2D eigenvalue weighted by Gasteiger charge is -2.42. The van der Waals surface area contributed by atoms with Crippen molar-refractivity contribution in [1.29, 1.82) is 0 Å². The van der Waals surface area contributed by atoms with Crippen molar-refractivity contribution in [2.24, 2.45) is 35.5 Å². The van der Waals surface area contributed by atoms with E-state index in [0.717, 1.165) is 12.0 Å². The molecule has 14 nitrogen and oxygen atoms in total. The topological polar surface area (TPSA) is 195 Å². The Hall–Kier alpha value is -3.37. The fourth-order valence-corrected chi connectivity index (χ4v) is 10.1. The molecule has 1 saturated carbocycles. The fraction of sp³-hybridized carbons (Fsp3) is 0.745. The maximum atomic E-state index is 14.4. The molecule has 65 heavy (non-hydrogen) atoms. The molecule has 2 saturated heterocycles. The number of cyclic esters (lactones) is 1. The summed E-state index contributed by atoms with van der Waals surface area (Å²) in [5, 5.41) is 33.8. The summed E-state index contributed by atoms with van der Waals surface area (Å²) in [7, 11) is 4.52. The first kappa shape index (κ1) is 54.2. The van der Waals surface area contributed by atoms with Gasteiger partial charge in [0.15, 0.2) is 5.78 Å². The molecule has 4 aliphatic rings. The summed E-state index contributed by atoms with van der Waals surface area (Å²) >= 11 is 0. The number of carbonyl (C=O) groups excluding carboxylic acids is 5. The van der Waals surface area contributed by atoms with E-state index in [1.807, 2.05) is 58.1 Å². The summed E-state index contributed by atoms with van der Waals surface area (Å²) < 4.78 is 29.4. The minimum Gasteiger partial charge on any atom is -0.460 e. The van der Waals surface area contributed by atoms with Gasteiger partial charge >= 0.3 is 5.97 Å². The highest BCUT2D eigenvalue weighted by atomic mass is 16.6. The van der Waals surface area contributed by atoms with Crippen LogP contribution in [0.3, 0.4) is 0 Å². The van der Waals surface area contributed by atoms with E-state index >= 15 is 0 Å². The van der Waals surface area contributed by atoms with Gasteiger partial charge in [0.1, 0.15) is 30.1 Å². The number of aliphatic hydroxyl groups is 3. The van der Waals surface area contributed by atoms with Crippen LogP contribution in [0.5, 0.6) is 0 Å². The summed E-state index contributed by atoms with van der Waals surface area (Å²) in [4.78, 5) is 71.8. The van der Waals surface area contributed by atoms with E-state index < -0.39 is 83.9 Å². The molecule has 366 valence electrons. The molecule has 3 heterocycles. The van der Waals surface area contributed by atoms with Crippen molar-refractivity contribution in [3.05, 3.63) is 47.6 Å². The average Bonchev–Trinajstić information content (AvgIpc) is 3.28. The van der Waals surface area contributed by atoms with Gasteiger partial charge < -0.3 is 43.9 Å². The van der Waals surface area contributed by atoms with Gasteiger partial charge in [-0.2, -0.15) is 0 Å². The van der Waals surface area contributed by atoms with Crippen molar-refractivity contribution in [2.75, 3.05) is 27.9 Å². The molecule has 0 unspecified atom stereocenters. The molecule has 0 aromatic carbocycles. The van der Waals surface area contributed by atoms with Crippen LogP contribution in [0.25, 0.3) is 0 Å². The number of methoxy groups -OCH3 is 3. The van der Waals surface area contributed by atoms with Crippen LogP contribution >= 0.6 is 0 Å². The Morgan fingerprint density at radius 1 is 0.846 bits per heavy atom. The fourth-order valence-electron chi connectivity index (χ4n) is 10.1. The standard InChI is InChI=1S/C51H79NO13/c1-30-16-12-11-13-17-31(2)42(61-8)28-38-21-19-36(7)51(60,65-38)48(57)49(58)52-23-15-14-18-39(52)50(59)64-43(33(4)26-37-20-22-40(53)44(27-37)62-9)29-41(54)32(3)25-35(6)46(56)47(63-10)45(55)34(5)24-30/h11-13,16-17,25,30,32-34,36-40,42-44,46-47,53,56,60H,14-15,18-24,26-29H2,1-10H3/b13-11+,16-12+,31-17+,35-25+/t30-,32-,33-,34-,36-,37+,38+,39+,40-,42+,43+,44-,46+,47+,51-/m1/s1. The van der Waals surface area contributed by atoms with Gasteiger partial charge in [0.2, 0.25) is 5.79 Å². The van der Waals surface area contributed by atoms with Crippen LogP contribution in [0.4, 0.5) is 0 Å². The zero-order valence-electron chi connectivity index (χ0n) is 40.6. The number of fused-ring (bicyclic) bond motifs is 3. The van der Waals surface area contributed by atoms with E-state index in [0.29, 0.717) is 63.4 Å². The van der Waals surface area contributed by atoms with Crippen LogP contribution in [0, 0.1) is 35.5 Å². The number of hydrogen-bond donors (Lipinski definition) is 3. The van der Waals surface area contributed by atoms with Crippen LogP contribution < -0.4 is 0 Å². The summed E-state index contributed by atoms with van der Waals surface area (Å²) in [6, 6.07) is -1.14. The largest absolute Gasteiger partial charge is 0.460 e. The number of rotatable bonds is 6. The molecule has 1 amide bonds. The number of aliphatic hydroxyl groups excluding tert-OH is 2. The molecule has 2 bridgehead atoms. The van der Waals surface area contributed by atoms with Crippen LogP contribution in [0.1, 0.15) is 126 Å². The summed E-state index contributed by atoms with van der Waals surface area (Å²) in [5.41, 5.74) is 1.27. The van der Waals surface area contributed by atoms with Gasteiger partial charge in [-0.3, -0.25) is 19.2 Å². The molecule has 0 aromatic heterocycles. The molecule has 0 spiro atoms. The molecule has 1 aliphatic carbocycles. The Balaban J connectivity index is 1.70. The third kappa shape index (κ3) is 14.3. The highest BCUT2D eigenvalue weighted by Crippen LogP contribution is 2.38. The Morgan fingerprint density at radius 3 is 2.25 bits per heavy atom. The summed E-state index contributed by atoms with van der Waals surface area (Å²) in [6.45, 7) is 12.7. The quantitative estimate of drug-likeness (QED) is 0.156. The minimum absolute atomic E-state index is 0.0193. The highest BCUT2D eigenvalue weighted by Gasteiger charge is 2.53. The summed E-state index contributed by atoms with van der Waals surface area (Å²) in [6.07, 6.45) is 11.2. The lowest BCUT2D eigenvalue weighted by atomic mass is 9.78. The van der Waals surface area contributed by atoms with Gasteiger partial charge in [0.05, 0.1) is 24.4 Å². The van der Waals surface area contributed by atoms with Crippen molar-refractivity contribution in [3.63, 3.8) is 0 Å². The number of allylic oxidation sites excluding steroid dienone is 6. The number of piperidine rings is 1. The molecule has 3 fully saturated rings. The van der Waals surface area contributed by atoms with Gasteiger partial charge in [0, 0.05) is 58.5 Å². The number of hydrogen-bond acceptors (Lipinski definition) is 13. The first-order valence-electron chi connectivity index (χ1n) is 23.9. The third-order valence-electron chi connectivity index (χ3n) is 14.5. The van der Waals surface area contributed by atoms with Crippen molar-refractivity contribution >= 4 is 29.2 Å². The molecule has 0 aromatic rings. The van der Waals surface area contributed by atoms with Gasteiger partial charge in [-0.1, -0.05) is 71.1 Å². The van der Waals surface area contributed by atoms with Crippen molar-refractivity contribution in [1.82, 2.24) is 4.90 Å². The number of ether oxygens (including phenoxy) is 5. The first-order chi connectivity index (χ1) is 30.7. The predicted molar refractivity (Wildman–Crippen MR) is 245 cm³/mol. The second-order valence-electron chi connectivity index (χ2n) is 19.6. The lowest BCUT2D eigenvalue weighted by Crippen LogP contribution is -2.61. The highest BCUT2D eigenvalue weighted by molar-refractivity contribution is 6.39. The van der Waals surface area contributed by atoms with E-state index in [-0.39, 0.29) is 54.8 Å². The van der Waals surface area contributed by atoms with E-state index in [9.17, 15) is 39.3 Å². The number of ketones is 3. The van der Waals surface area contributed by atoms with Crippen LogP contribution in [0.15, 0.2) is 47.6 Å². The maximum absolute atomic E-state index is 14.4. The van der Waals surface area contributed by atoms with Crippen LogP contribution in [-0.2, 0) is 47.7 Å². The SMILES string of the molecule is CO[C@H]1C[C@@H]2CC[C@@H](C)[C@@](O)(O2)C(=O)C(=O)N2CCCC[C@H]2C(=O)O[C@H]([C@H](C)C[C@@H]2CC[C@@H](O)[C@H](OC)C2)CC(=O)[C@H](C)/C=C(\C)[C@H](O)[C@@H](OC)C(=O)[C@H](C)C[C@H](C)/C=C/C=C/C=C/1C. The van der Waals surface area contributed by atoms with Crippen molar-refractivity contribution < 1.29 is 63.0 Å². The molecular formula is C51H79NO13. The molecule has 0 radical (unpaired) electrons. The van der Waals surface area contributed by atoms with Gasteiger partial charge in [-0.15, -0.1) is 0 Å². The molecular weight excluding hydrogens is 835 g/mol. The van der Waals surface area contributed by atoms with Gasteiger partial charge in [0.25, 0.3) is 11.7 Å². The van der Waals surface area contributed by atoms with Crippen LogP contribution in [-0.4, -0.2) is 132 Å². The third-order valence-corrected chi connectivity index (χ3v) is 14.5. The monoisotopic (exact) mass is 914 g/mol. The number of amides is 1. The maximum Gasteiger partial charge on any atom is 0.329 e. The van der Waals surface area contributed by atoms with Crippen molar-refractivity contribution in [3.8, 4) is 0 Å². The van der Waals surface area contributed by atoms with Crippen LogP contribution in [0.2, 0.25) is 0 Å².